The molecule has 0 aliphatic carbocycles. The summed E-state index contributed by atoms with van der Waals surface area (Å²) in [4.78, 5) is 28.6. The Morgan fingerprint density at radius 3 is 2.88 bits per heavy atom. The molecule has 7 heteroatoms. The van der Waals surface area contributed by atoms with Gasteiger partial charge in [-0.25, -0.2) is 14.8 Å². The lowest BCUT2D eigenvalue weighted by Crippen LogP contribution is -2.35. The molecule has 1 aliphatic rings. The van der Waals surface area contributed by atoms with Crippen molar-refractivity contribution in [3.05, 3.63) is 54.6 Å². The molecule has 0 N–H and O–H groups in total. The average molecular weight is 330 g/mol. The number of aryl methyl sites for hydroxylation is 1. The van der Waals surface area contributed by atoms with Crippen molar-refractivity contribution in [1.29, 1.82) is 5.26 Å². The summed E-state index contributed by atoms with van der Waals surface area (Å²) in [7, 11) is 0. The van der Waals surface area contributed by atoms with Crippen LogP contribution in [0, 0.1) is 18.3 Å². The number of hydrogen-bond donors (Lipinski definition) is 0. The van der Waals surface area contributed by atoms with E-state index in [1.165, 1.54) is 9.80 Å². The van der Waals surface area contributed by atoms with Crippen molar-refractivity contribution in [3.8, 4) is 6.07 Å². The van der Waals surface area contributed by atoms with E-state index >= 15 is 0 Å². The van der Waals surface area contributed by atoms with Gasteiger partial charge in [0.05, 0.1) is 24.5 Å². The van der Waals surface area contributed by atoms with Gasteiger partial charge in [-0.15, -0.1) is 0 Å². The molecule has 122 valence electrons. The first-order valence-electron chi connectivity index (χ1n) is 7.82. The van der Waals surface area contributed by atoms with Crippen LogP contribution in [0.25, 0.3) is 10.8 Å². The van der Waals surface area contributed by atoms with Crippen LogP contribution in [0.15, 0.2) is 48.9 Å². The molecule has 1 aromatic carbocycles. The summed E-state index contributed by atoms with van der Waals surface area (Å²) in [5.74, 6) is 0.306. The first-order valence-corrected chi connectivity index (χ1v) is 7.82. The second-order valence-corrected chi connectivity index (χ2v) is 5.79. The molecule has 0 unspecified atom stereocenters. The van der Waals surface area contributed by atoms with Crippen LogP contribution in [0.5, 0.6) is 0 Å². The molecule has 7 nitrogen and oxygen atoms in total. The Bertz CT molecular complexity index is 1010. The molecule has 4 rings (SSSR count). The highest BCUT2D eigenvalue weighted by molar-refractivity contribution is 6.11. The molecule has 2 amide bonds. The Morgan fingerprint density at radius 1 is 1.24 bits per heavy atom. The topological polar surface area (TPSA) is 86.0 Å². The number of carbonyl (C=O) groups excluding carboxylic acids is 1. The summed E-state index contributed by atoms with van der Waals surface area (Å²) in [6.07, 6.45) is 4.96. The standard InChI is InChI=1S/C18H14N6O/c1-12-6-7-21-17(22-12)23-11-14(8-19)24(18(23)25)16-10-20-9-13-4-2-3-5-15(13)16/h2-7,9-10,14H,11H2,1H3/t14-/m1/s1. The predicted molar refractivity (Wildman–Crippen MR) is 93.1 cm³/mol. The fourth-order valence-corrected chi connectivity index (χ4v) is 2.99. The van der Waals surface area contributed by atoms with Crippen LogP contribution < -0.4 is 9.80 Å². The number of urea groups is 1. The van der Waals surface area contributed by atoms with Crippen molar-refractivity contribution in [2.75, 3.05) is 16.3 Å². The number of benzene rings is 1. The summed E-state index contributed by atoms with van der Waals surface area (Å²) < 4.78 is 0. The van der Waals surface area contributed by atoms with Gasteiger partial charge in [-0.1, -0.05) is 24.3 Å². The van der Waals surface area contributed by atoms with Crippen LogP contribution in [0.1, 0.15) is 5.69 Å². The zero-order chi connectivity index (χ0) is 17.4. The first-order chi connectivity index (χ1) is 12.2. The van der Waals surface area contributed by atoms with Gasteiger partial charge < -0.3 is 0 Å². The Hall–Kier alpha value is -3.53. The van der Waals surface area contributed by atoms with E-state index in [9.17, 15) is 10.1 Å². The highest BCUT2D eigenvalue weighted by atomic mass is 16.2. The highest BCUT2D eigenvalue weighted by Gasteiger charge is 2.41. The van der Waals surface area contributed by atoms with E-state index in [4.69, 9.17) is 0 Å². The zero-order valence-corrected chi connectivity index (χ0v) is 13.5. The quantitative estimate of drug-likeness (QED) is 0.721. The number of nitrogens with zero attached hydrogens (tertiary/aromatic N) is 6. The smallest absolute Gasteiger partial charge is 0.273 e. The molecule has 1 saturated heterocycles. The van der Waals surface area contributed by atoms with Gasteiger partial charge in [0.15, 0.2) is 0 Å². The Morgan fingerprint density at radius 2 is 2.08 bits per heavy atom. The van der Waals surface area contributed by atoms with Crippen molar-refractivity contribution in [2.24, 2.45) is 0 Å². The van der Waals surface area contributed by atoms with E-state index in [2.05, 4.69) is 21.0 Å². The summed E-state index contributed by atoms with van der Waals surface area (Å²) in [6.45, 7) is 2.04. The Balaban J connectivity index is 1.81. The second kappa shape index (κ2) is 5.83. The fourth-order valence-electron chi connectivity index (χ4n) is 2.99. The molecule has 0 bridgehead atoms. The number of fused-ring (bicyclic) bond motifs is 1. The van der Waals surface area contributed by atoms with E-state index in [0.29, 0.717) is 11.6 Å². The third-order valence-corrected chi connectivity index (χ3v) is 4.18. The Kier molecular flexibility index (Phi) is 3.51. The molecular weight excluding hydrogens is 316 g/mol. The van der Waals surface area contributed by atoms with E-state index < -0.39 is 6.04 Å². The van der Waals surface area contributed by atoms with Gasteiger partial charge in [0.1, 0.15) is 6.04 Å². The third kappa shape index (κ3) is 2.44. The number of pyridine rings is 1. The second-order valence-electron chi connectivity index (χ2n) is 5.79. The van der Waals surface area contributed by atoms with Crippen LogP contribution in [0.4, 0.5) is 16.4 Å². The van der Waals surface area contributed by atoms with Crippen LogP contribution in [0.2, 0.25) is 0 Å². The molecule has 3 aromatic rings. The molecule has 25 heavy (non-hydrogen) atoms. The largest absolute Gasteiger partial charge is 0.332 e. The summed E-state index contributed by atoms with van der Waals surface area (Å²) >= 11 is 0. The van der Waals surface area contributed by atoms with Crippen molar-refractivity contribution < 1.29 is 4.79 Å². The molecule has 0 radical (unpaired) electrons. The van der Waals surface area contributed by atoms with Crippen LogP contribution in [0.3, 0.4) is 0 Å². The number of carbonyl (C=O) groups is 1. The lowest BCUT2D eigenvalue weighted by molar-refractivity contribution is 0.255. The first kappa shape index (κ1) is 15.0. The van der Waals surface area contributed by atoms with Gasteiger partial charge in [-0.05, 0) is 13.0 Å². The molecule has 2 aromatic heterocycles. The Labute approximate surface area is 144 Å². The van der Waals surface area contributed by atoms with Crippen molar-refractivity contribution in [2.45, 2.75) is 13.0 Å². The molecule has 0 spiro atoms. The van der Waals surface area contributed by atoms with Gasteiger partial charge in [0.2, 0.25) is 5.95 Å². The normalized spacial score (nSPS) is 17.1. The lowest BCUT2D eigenvalue weighted by Gasteiger charge is -2.20. The number of rotatable bonds is 2. The van der Waals surface area contributed by atoms with Crippen molar-refractivity contribution >= 4 is 28.4 Å². The molecule has 1 fully saturated rings. The lowest BCUT2D eigenvalue weighted by atomic mass is 10.1. The van der Waals surface area contributed by atoms with Crippen LogP contribution >= 0.6 is 0 Å². The molecule has 3 heterocycles. The summed E-state index contributed by atoms with van der Waals surface area (Å²) in [5, 5.41) is 11.4. The highest BCUT2D eigenvalue weighted by Crippen LogP contribution is 2.32. The van der Waals surface area contributed by atoms with Crippen molar-refractivity contribution in [1.82, 2.24) is 15.0 Å². The van der Waals surface area contributed by atoms with Gasteiger partial charge in [-0.2, -0.15) is 5.26 Å². The van der Waals surface area contributed by atoms with E-state index in [1.807, 2.05) is 31.2 Å². The molecule has 1 aliphatic heterocycles. The number of hydrogen-bond acceptors (Lipinski definition) is 5. The maximum absolute atomic E-state index is 13.0. The minimum absolute atomic E-state index is 0.210. The molecule has 1 atom stereocenters. The molecular formula is C18H14N6O. The fraction of sp³-hybridized carbons (Fsp3) is 0.167. The van der Waals surface area contributed by atoms with Crippen LogP contribution in [-0.2, 0) is 0 Å². The maximum atomic E-state index is 13.0. The SMILES string of the molecule is Cc1ccnc(N2C[C@@H](C#N)N(c3cncc4ccccc34)C2=O)n1. The van der Waals surface area contributed by atoms with E-state index in [1.54, 1.807) is 24.7 Å². The van der Waals surface area contributed by atoms with Gasteiger partial charge >= 0.3 is 6.03 Å². The zero-order valence-electron chi connectivity index (χ0n) is 13.5. The van der Waals surface area contributed by atoms with Gasteiger partial charge in [0.25, 0.3) is 0 Å². The predicted octanol–water partition coefficient (Wildman–Crippen LogP) is 2.67. The number of aromatic nitrogens is 3. The molecule has 0 saturated carbocycles. The minimum atomic E-state index is -0.635. The third-order valence-electron chi connectivity index (χ3n) is 4.18. The van der Waals surface area contributed by atoms with Gasteiger partial charge in [0, 0.05) is 28.9 Å². The minimum Gasteiger partial charge on any atom is -0.273 e. The van der Waals surface area contributed by atoms with E-state index in [0.717, 1.165) is 16.5 Å². The van der Waals surface area contributed by atoms with Crippen molar-refractivity contribution in [3.63, 3.8) is 0 Å². The summed E-state index contributed by atoms with van der Waals surface area (Å²) in [6, 6.07) is 10.7. The van der Waals surface area contributed by atoms with Gasteiger partial charge in [-0.3, -0.25) is 14.8 Å². The maximum Gasteiger partial charge on any atom is 0.332 e. The number of amides is 2. The monoisotopic (exact) mass is 330 g/mol. The van der Waals surface area contributed by atoms with Crippen LogP contribution in [-0.4, -0.2) is 33.6 Å². The number of anilines is 2. The van der Waals surface area contributed by atoms with E-state index in [-0.39, 0.29) is 12.6 Å². The summed E-state index contributed by atoms with van der Waals surface area (Å²) in [5.41, 5.74) is 1.38. The number of nitriles is 1. The average Bonchev–Trinajstić information content (AvgIpc) is 2.97.